The first-order valence-electron chi connectivity index (χ1n) is 24.3. The van der Waals surface area contributed by atoms with Crippen LogP contribution in [0.15, 0.2) is 60.7 Å². The van der Waals surface area contributed by atoms with Crippen molar-refractivity contribution in [1.82, 2.24) is 0 Å². The van der Waals surface area contributed by atoms with Gasteiger partial charge in [-0.25, -0.2) is 9.59 Å². The first-order chi connectivity index (χ1) is 33.7. The van der Waals surface area contributed by atoms with Gasteiger partial charge in [-0.15, -0.1) is 0 Å². The molecule has 0 spiro atoms. The molecule has 0 aromatic heterocycles. The molecule has 396 valence electrons. The monoisotopic (exact) mass is 998 g/mol. The molecule has 3 fully saturated rings. The number of aliphatic hydroxyl groups excluding tert-OH is 10. The van der Waals surface area contributed by atoms with Crippen LogP contribution in [-0.4, -0.2) is 208 Å². The van der Waals surface area contributed by atoms with Gasteiger partial charge in [0, 0.05) is 6.61 Å². The highest BCUT2D eigenvalue weighted by atomic mass is 16.7. The Morgan fingerprint density at radius 3 is 1.43 bits per heavy atom. The topological polar surface area (TPSA) is 320 Å². The van der Waals surface area contributed by atoms with Crippen LogP contribution < -0.4 is 0 Å². The van der Waals surface area contributed by atoms with Gasteiger partial charge in [-0.1, -0.05) is 101 Å². The number of unbranched alkanes of at least 4 members (excludes halogenated alkanes) is 9. The zero-order chi connectivity index (χ0) is 50.6. The predicted molar refractivity (Wildman–Crippen MR) is 244 cm³/mol. The lowest BCUT2D eigenvalue weighted by Crippen LogP contribution is -2.62. The van der Waals surface area contributed by atoms with Crippen LogP contribution in [-0.2, 0) is 42.6 Å². The molecule has 0 radical (unpaired) electrons. The van der Waals surface area contributed by atoms with E-state index in [2.05, 4.69) is 6.92 Å². The van der Waals surface area contributed by atoms with Crippen molar-refractivity contribution in [2.75, 3.05) is 52.9 Å². The van der Waals surface area contributed by atoms with E-state index in [1.54, 1.807) is 36.4 Å². The van der Waals surface area contributed by atoms with Crippen molar-refractivity contribution < 1.29 is 103 Å². The van der Waals surface area contributed by atoms with Gasteiger partial charge in [-0.3, -0.25) is 0 Å². The number of hydrogen-bond donors (Lipinski definition) is 10. The Bertz CT molecular complexity index is 1760. The number of hydrogen-bond acceptors (Lipinski definition) is 21. The summed E-state index contributed by atoms with van der Waals surface area (Å²) in [5, 5.41) is 108. The fourth-order valence-corrected chi connectivity index (χ4v) is 8.32. The predicted octanol–water partition coefficient (Wildman–Crippen LogP) is 0.0892. The second-order valence-corrected chi connectivity index (χ2v) is 18.3. The van der Waals surface area contributed by atoms with Crippen molar-refractivity contribution in [2.45, 2.75) is 163 Å². The maximum Gasteiger partial charge on any atom is 0.338 e. The SMILES string of the molecule is CCCCCCCCCCCCOCC(CO[C@@H]1O[C@H](CO)[C@H](O)[C@H](O)[C@H]1O)(CO[C@@H]1O[C@H](COC(=O)c2ccccc2)[C@H](O)[C@H](O)[C@H]1O)CO[C@@H]1O[C@H](CO)[C@H](OC(=O)c2ccccc2)[C@H](O)[C@H]1O. The normalized spacial score (nSPS) is 32.2. The van der Waals surface area contributed by atoms with E-state index in [-0.39, 0.29) is 24.3 Å². The molecule has 3 aliphatic rings. The summed E-state index contributed by atoms with van der Waals surface area (Å²) in [6, 6.07) is 15.8. The van der Waals surface area contributed by atoms with Gasteiger partial charge >= 0.3 is 11.9 Å². The van der Waals surface area contributed by atoms with Gasteiger partial charge in [0.2, 0.25) is 0 Å². The molecule has 21 nitrogen and oxygen atoms in total. The second-order valence-electron chi connectivity index (χ2n) is 18.3. The van der Waals surface area contributed by atoms with Crippen molar-refractivity contribution in [3.05, 3.63) is 71.8 Å². The first-order valence-corrected chi connectivity index (χ1v) is 24.3. The van der Waals surface area contributed by atoms with Gasteiger partial charge in [0.15, 0.2) is 25.0 Å². The van der Waals surface area contributed by atoms with Gasteiger partial charge in [-0.05, 0) is 30.7 Å². The summed E-state index contributed by atoms with van der Waals surface area (Å²) < 4.78 is 52.7. The number of esters is 2. The Balaban J connectivity index is 1.36. The summed E-state index contributed by atoms with van der Waals surface area (Å²) in [5.41, 5.74) is -1.29. The highest BCUT2D eigenvalue weighted by Crippen LogP contribution is 2.32. The molecule has 0 aliphatic carbocycles. The van der Waals surface area contributed by atoms with Crippen molar-refractivity contribution in [2.24, 2.45) is 5.41 Å². The summed E-state index contributed by atoms with van der Waals surface area (Å²) in [6.07, 6.45) is -14.8. The molecule has 0 bridgehead atoms. The van der Waals surface area contributed by atoms with Crippen LogP contribution in [0.1, 0.15) is 91.8 Å². The lowest BCUT2D eigenvalue weighted by molar-refractivity contribution is -0.332. The minimum Gasteiger partial charge on any atom is -0.459 e. The van der Waals surface area contributed by atoms with Crippen LogP contribution in [0.25, 0.3) is 0 Å². The molecule has 2 aromatic carbocycles. The molecular weight excluding hydrogens is 925 g/mol. The van der Waals surface area contributed by atoms with Gasteiger partial charge in [0.1, 0.15) is 73.8 Å². The van der Waals surface area contributed by atoms with Crippen LogP contribution in [0, 0.1) is 5.41 Å². The molecular formula is C49H74O21. The lowest BCUT2D eigenvalue weighted by atomic mass is 9.91. The van der Waals surface area contributed by atoms with E-state index in [9.17, 15) is 60.7 Å². The molecule has 1 unspecified atom stereocenters. The molecule has 3 aliphatic heterocycles. The van der Waals surface area contributed by atoms with E-state index in [0.29, 0.717) is 6.42 Å². The molecule has 3 heterocycles. The second kappa shape index (κ2) is 29.4. The zero-order valence-corrected chi connectivity index (χ0v) is 39.6. The Morgan fingerprint density at radius 2 is 0.929 bits per heavy atom. The summed E-state index contributed by atoms with van der Waals surface area (Å²) in [7, 11) is 0. The third-order valence-electron chi connectivity index (χ3n) is 12.7. The maximum absolute atomic E-state index is 13.0. The number of aliphatic hydroxyl groups is 10. The molecule has 21 heteroatoms. The fourth-order valence-electron chi connectivity index (χ4n) is 8.32. The maximum atomic E-state index is 13.0. The molecule has 0 saturated carbocycles. The molecule has 2 aromatic rings. The third kappa shape index (κ3) is 16.4. The average molecular weight is 999 g/mol. The zero-order valence-electron chi connectivity index (χ0n) is 39.6. The van der Waals surface area contributed by atoms with Crippen LogP contribution >= 0.6 is 0 Å². The standard InChI is InChI=1S/C49H74O21/c1-2-3-4-5-6-7-8-9-10-17-22-62-26-49(27-64-46-40(57)37(54)35(52)32(23-50)67-46,28-65-47-41(58)38(55)36(53)34(69-47)25-63-44(60)30-18-13-11-14-19-30)29-66-48-42(59)39(56)43(33(24-51)68-48)70-45(61)31-20-15-12-16-21-31/h11-16,18-21,32-43,46-48,50-59H,2-10,17,22-29H2,1H3/t32-,33-,34-,35+,36+,37+,38+,39-,40-,41-,42-,43+,46-,47-,48-,49?/m1/s1. The van der Waals surface area contributed by atoms with Crippen LogP contribution in [0.4, 0.5) is 0 Å². The van der Waals surface area contributed by atoms with E-state index in [4.69, 9.17) is 42.6 Å². The molecule has 3 saturated heterocycles. The summed E-state index contributed by atoms with van der Waals surface area (Å²) in [6.45, 7) is -1.75. The smallest absolute Gasteiger partial charge is 0.338 e. The van der Waals surface area contributed by atoms with Crippen LogP contribution in [0.2, 0.25) is 0 Å². The van der Waals surface area contributed by atoms with E-state index in [1.807, 2.05) is 0 Å². The number of ether oxygens (including phenoxy) is 9. The number of benzene rings is 2. The number of rotatable bonds is 29. The highest BCUT2D eigenvalue weighted by molar-refractivity contribution is 5.89. The Morgan fingerprint density at radius 1 is 0.500 bits per heavy atom. The van der Waals surface area contributed by atoms with E-state index in [0.717, 1.165) is 32.1 Å². The van der Waals surface area contributed by atoms with Gasteiger partial charge in [0.05, 0.1) is 56.2 Å². The fraction of sp³-hybridized carbons (Fsp3) is 0.714. The summed E-state index contributed by atoms with van der Waals surface area (Å²) in [4.78, 5) is 25.7. The Hall–Kier alpha value is -3.30. The van der Waals surface area contributed by atoms with Crippen LogP contribution in [0.3, 0.4) is 0 Å². The van der Waals surface area contributed by atoms with Gasteiger partial charge in [-0.2, -0.15) is 0 Å². The largest absolute Gasteiger partial charge is 0.459 e. The summed E-state index contributed by atoms with van der Waals surface area (Å²) >= 11 is 0. The molecule has 70 heavy (non-hydrogen) atoms. The average Bonchev–Trinajstić information content (AvgIpc) is 3.38. The number of carbonyl (C=O) groups excluding carboxylic acids is 2. The van der Waals surface area contributed by atoms with E-state index in [1.165, 1.54) is 49.9 Å². The Labute approximate surface area is 407 Å². The van der Waals surface area contributed by atoms with Crippen molar-refractivity contribution in [1.29, 1.82) is 0 Å². The van der Waals surface area contributed by atoms with Crippen molar-refractivity contribution in [3.8, 4) is 0 Å². The molecule has 16 atom stereocenters. The molecule has 5 rings (SSSR count). The Kier molecular flexibility index (Phi) is 24.2. The van der Waals surface area contributed by atoms with Crippen LogP contribution in [0.5, 0.6) is 0 Å². The van der Waals surface area contributed by atoms with Crippen molar-refractivity contribution >= 4 is 11.9 Å². The minimum absolute atomic E-state index is 0.134. The van der Waals surface area contributed by atoms with Gasteiger partial charge < -0.3 is 93.7 Å². The minimum atomic E-state index is -1.89. The van der Waals surface area contributed by atoms with Gasteiger partial charge in [0.25, 0.3) is 0 Å². The quantitative estimate of drug-likeness (QED) is 0.0381. The van der Waals surface area contributed by atoms with E-state index >= 15 is 0 Å². The number of carbonyl (C=O) groups is 2. The molecule has 0 amide bonds. The highest BCUT2D eigenvalue weighted by Gasteiger charge is 2.51. The van der Waals surface area contributed by atoms with Crippen molar-refractivity contribution in [3.63, 3.8) is 0 Å². The third-order valence-corrected chi connectivity index (χ3v) is 12.7. The lowest BCUT2D eigenvalue weighted by Gasteiger charge is -2.44. The summed E-state index contributed by atoms with van der Waals surface area (Å²) in [5.74, 6) is -1.61. The van der Waals surface area contributed by atoms with E-state index < -0.39 is 149 Å². The molecule has 10 N–H and O–H groups in total. The first kappa shape index (κ1) is 57.6.